The van der Waals surface area contributed by atoms with Gasteiger partial charge in [-0.3, -0.25) is 9.97 Å². The molecule has 6 nitrogen and oxygen atoms in total. The molecule has 0 spiro atoms. The van der Waals surface area contributed by atoms with Gasteiger partial charge in [-0.2, -0.15) is 0 Å². The molecule has 0 amide bonds. The molecule has 47 heavy (non-hydrogen) atoms. The Hall–Kier alpha value is -4.92. The Morgan fingerprint density at radius 1 is 0.766 bits per heavy atom. The maximum atomic E-state index is 15.6. The van der Waals surface area contributed by atoms with Gasteiger partial charge in [0.1, 0.15) is 18.2 Å². The maximum Gasteiger partial charge on any atom is 0.320 e. The van der Waals surface area contributed by atoms with Crippen molar-refractivity contribution in [3.8, 4) is 17.2 Å². The molecule has 4 aromatic carbocycles. The van der Waals surface area contributed by atoms with Crippen LogP contribution in [0.2, 0.25) is 10.1 Å². The fourth-order valence-corrected chi connectivity index (χ4v) is 10.5. The van der Waals surface area contributed by atoms with E-state index in [1.54, 1.807) is 37.8 Å². The molecule has 0 aliphatic heterocycles. The fourth-order valence-electron chi connectivity index (χ4n) is 5.84. The zero-order chi connectivity index (χ0) is 33.0. The maximum absolute atomic E-state index is 15.6. The first-order chi connectivity index (χ1) is 22.7. The van der Waals surface area contributed by atoms with Gasteiger partial charge in [0.15, 0.2) is 11.5 Å². The smallest absolute Gasteiger partial charge is 0.320 e. The summed E-state index contributed by atoms with van der Waals surface area (Å²) in [4.78, 5) is 8.61. The number of hydrogen-bond donors (Lipinski definition) is 1. The first-order valence-electron chi connectivity index (χ1n) is 15.2. The molecule has 0 fully saturated rings. The van der Waals surface area contributed by atoms with Gasteiger partial charge in [-0.05, 0) is 51.3 Å². The molecule has 1 N–H and O–H groups in total. The predicted octanol–water partition coefficient (Wildman–Crippen LogP) is 8.69. The molecule has 6 rings (SSSR count). The lowest BCUT2D eigenvalue weighted by Gasteiger charge is -2.43. The number of ether oxygens (including phenoxy) is 2. The van der Waals surface area contributed by atoms with Gasteiger partial charge < -0.3 is 19.2 Å². The highest BCUT2D eigenvalue weighted by atomic mass is 35.5. The topological polar surface area (TPSA) is 65.5 Å². The van der Waals surface area contributed by atoms with Crippen molar-refractivity contribution < 1.29 is 18.3 Å². The molecule has 0 saturated carbocycles. The van der Waals surface area contributed by atoms with E-state index in [2.05, 4.69) is 60.3 Å². The van der Waals surface area contributed by atoms with E-state index in [0.717, 1.165) is 21.3 Å². The van der Waals surface area contributed by atoms with E-state index in [4.69, 9.17) is 25.5 Å². The Morgan fingerprint density at radius 3 is 2.04 bits per heavy atom. The highest BCUT2D eigenvalue weighted by molar-refractivity contribution is 7.00. The summed E-state index contributed by atoms with van der Waals surface area (Å²) in [5.41, 5.74) is 2.47. The van der Waals surface area contributed by atoms with Gasteiger partial charge >= 0.3 is 8.32 Å². The zero-order valence-corrected chi connectivity index (χ0v) is 28.4. The predicted molar refractivity (Wildman–Crippen MR) is 190 cm³/mol. The van der Waals surface area contributed by atoms with Crippen LogP contribution in [0, 0.1) is 5.82 Å². The van der Waals surface area contributed by atoms with Crippen LogP contribution in [-0.2, 0) is 6.61 Å². The second kappa shape index (κ2) is 13.4. The van der Waals surface area contributed by atoms with E-state index in [1.807, 2.05) is 60.7 Å². The standard InChI is InChI=1S/C38H35ClFN3O3Si/c1-38(2,3)47(27-11-7-5-8-12-27,28-13-9-6-10-14-28)46-35-24-34(31(40)22-30(35)39)43-32-17-20-42-33-23-37(36(44-4)21-29(32)33)45-25-26-15-18-41-19-16-26/h5-24H,25H2,1-4H3,(H,42,43). The van der Waals surface area contributed by atoms with E-state index < -0.39 is 14.1 Å². The minimum Gasteiger partial charge on any atom is -0.533 e. The van der Waals surface area contributed by atoms with Crippen molar-refractivity contribution in [3.63, 3.8) is 0 Å². The normalized spacial score (nSPS) is 11.7. The number of pyridine rings is 2. The monoisotopic (exact) mass is 663 g/mol. The third-order valence-corrected chi connectivity index (χ3v) is 13.4. The molecular formula is C38H35ClFN3O3Si. The minimum atomic E-state index is -3.03. The number of anilines is 2. The molecule has 238 valence electrons. The van der Waals surface area contributed by atoms with Crippen molar-refractivity contribution in [1.82, 2.24) is 9.97 Å². The van der Waals surface area contributed by atoms with Crippen LogP contribution in [0.3, 0.4) is 0 Å². The van der Waals surface area contributed by atoms with Crippen molar-refractivity contribution in [2.45, 2.75) is 32.4 Å². The molecule has 9 heteroatoms. The van der Waals surface area contributed by atoms with Crippen LogP contribution in [0.4, 0.5) is 15.8 Å². The highest BCUT2D eigenvalue weighted by Gasteiger charge is 2.52. The number of fused-ring (bicyclic) bond motifs is 1. The number of halogens is 2. The molecule has 0 unspecified atom stereocenters. The third-order valence-electron chi connectivity index (χ3n) is 8.14. The largest absolute Gasteiger partial charge is 0.533 e. The third kappa shape index (κ3) is 6.52. The number of nitrogens with zero attached hydrogens (tertiary/aromatic N) is 2. The number of methoxy groups -OCH3 is 1. The van der Waals surface area contributed by atoms with E-state index in [-0.39, 0.29) is 15.7 Å². The summed E-state index contributed by atoms with van der Waals surface area (Å²) in [6.07, 6.45) is 5.10. The SMILES string of the molecule is COc1cc2c(Nc3cc(O[Si](c4ccccc4)(c4ccccc4)C(C)(C)C)c(Cl)cc3F)ccnc2cc1OCc1ccncc1. The first-order valence-corrected chi connectivity index (χ1v) is 17.5. The Balaban J connectivity index is 1.39. The van der Waals surface area contributed by atoms with Gasteiger partial charge in [-0.1, -0.05) is 93.0 Å². The van der Waals surface area contributed by atoms with Crippen molar-refractivity contribution in [1.29, 1.82) is 0 Å². The first kappa shape index (κ1) is 32.0. The van der Waals surface area contributed by atoms with Gasteiger partial charge in [0.25, 0.3) is 0 Å². The summed E-state index contributed by atoms with van der Waals surface area (Å²) >= 11 is 6.75. The molecule has 2 heterocycles. The lowest BCUT2D eigenvalue weighted by atomic mass is 10.1. The Labute approximate surface area is 280 Å². The van der Waals surface area contributed by atoms with E-state index in [1.165, 1.54) is 6.07 Å². The van der Waals surface area contributed by atoms with E-state index >= 15 is 4.39 Å². The summed E-state index contributed by atoms with van der Waals surface area (Å²) in [6.45, 7) is 6.89. The molecule has 0 bridgehead atoms. The van der Waals surface area contributed by atoms with Crippen LogP contribution in [-0.4, -0.2) is 25.4 Å². The molecule has 0 aliphatic rings. The Kier molecular flexibility index (Phi) is 9.16. The van der Waals surface area contributed by atoms with Gasteiger partial charge in [-0.25, -0.2) is 4.39 Å². The van der Waals surface area contributed by atoms with Crippen molar-refractivity contribution >= 4 is 52.6 Å². The molecule has 0 atom stereocenters. The minimum absolute atomic E-state index is 0.193. The van der Waals surface area contributed by atoms with Crippen LogP contribution >= 0.6 is 11.6 Å². The van der Waals surface area contributed by atoms with Crippen molar-refractivity contribution in [2.24, 2.45) is 0 Å². The summed E-state index contributed by atoms with van der Waals surface area (Å²) in [5.74, 6) is 0.946. The van der Waals surface area contributed by atoms with Crippen LogP contribution in [0.25, 0.3) is 10.9 Å². The molecule has 0 aliphatic carbocycles. The number of rotatable bonds is 10. The summed E-state index contributed by atoms with van der Waals surface area (Å²) in [7, 11) is -1.45. The highest BCUT2D eigenvalue weighted by Crippen LogP contribution is 2.42. The lowest BCUT2D eigenvalue weighted by molar-refractivity contribution is 0.285. The molecule has 2 aromatic heterocycles. The second-order valence-electron chi connectivity index (χ2n) is 12.2. The summed E-state index contributed by atoms with van der Waals surface area (Å²) in [5, 5.41) is 6.06. The number of benzene rings is 4. The van der Waals surface area contributed by atoms with E-state index in [9.17, 15) is 0 Å². The van der Waals surface area contributed by atoms with Crippen LogP contribution in [0.1, 0.15) is 26.3 Å². The van der Waals surface area contributed by atoms with E-state index in [0.29, 0.717) is 35.1 Å². The lowest BCUT2D eigenvalue weighted by Crippen LogP contribution is -2.68. The molecule has 0 radical (unpaired) electrons. The molecule has 0 saturated heterocycles. The number of nitrogens with one attached hydrogen (secondary N) is 1. The quantitative estimate of drug-likeness (QED) is 0.148. The molecule has 6 aromatic rings. The van der Waals surface area contributed by atoms with Crippen molar-refractivity contribution in [2.75, 3.05) is 12.4 Å². The Morgan fingerprint density at radius 2 is 1.43 bits per heavy atom. The summed E-state index contributed by atoms with van der Waals surface area (Å²) < 4.78 is 34.5. The average Bonchev–Trinajstić information content (AvgIpc) is 3.08. The van der Waals surface area contributed by atoms with Crippen molar-refractivity contribution in [3.05, 3.63) is 138 Å². The number of hydrogen-bond acceptors (Lipinski definition) is 6. The van der Waals surface area contributed by atoms with Crippen LogP contribution in [0.5, 0.6) is 17.2 Å². The fraction of sp³-hybridized carbons (Fsp3) is 0.158. The van der Waals surface area contributed by atoms with Gasteiger partial charge in [0.05, 0.1) is 23.3 Å². The van der Waals surface area contributed by atoms with Gasteiger partial charge in [0, 0.05) is 41.8 Å². The van der Waals surface area contributed by atoms with Gasteiger partial charge in [-0.15, -0.1) is 0 Å². The molecular weight excluding hydrogens is 629 g/mol. The van der Waals surface area contributed by atoms with Gasteiger partial charge in [0.2, 0.25) is 0 Å². The summed E-state index contributed by atoms with van der Waals surface area (Å²) in [6, 6.07) is 32.6. The zero-order valence-electron chi connectivity index (χ0n) is 26.6. The average molecular weight is 664 g/mol. The number of aromatic nitrogens is 2. The van der Waals surface area contributed by atoms with Crippen LogP contribution < -0.4 is 29.6 Å². The Bertz CT molecular complexity index is 1950. The second-order valence-corrected chi connectivity index (χ2v) is 16.8. The van der Waals surface area contributed by atoms with Crippen LogP contribution in [0.15, 0.2) is 122 Å².